The molecule has 2 rings (SSSR count). The third-order valence-corrected chi connectivity index (χ3v) is 3.80. The van der Waals surface area contributed by atoms with Crippen molar-refractivity contribution in [3.8, 4) is 0 Å². The summed E-state index contributed by atoms with van der Waals surface area (Å²) in [6, 6.07) is 11.5. The number of benzene rings is 2. The monoisotopic (exact) mass is 351 g/mol. The van der Waals surface area contributed by atoms with Crippen LogP contribution < -0.4 is 16.4 Å². The van der Waals surface area contributed by atoms with Crippen LogP contribution in [-0.4, -0.2) is 11.9 Å². The predicted octanol–water partition coefficient (Wildman–Crippen LogP) is 3.34. The number of primary amides is 1. The van der Waals surface area contributed by atoms with Gasteiger partial charge < -0.3 is 16.4 Å². The number of nitrogens with one attached hydrogen (secondary N) is 2. The molecule has 5 nitrogen and oxygen atoms in total. The van der Waals surface area contributed by atoms with E-state index >= 15 is 0 Å². The molecule has 0 aromatic heterocycles. The third-order valence-electron chi connectivity index (χ3n) is 3.06. The fourth-order valence-corrected chi connectivity index (χ4v) is 2.27. The number of urea groups is 1. The van der Waals surface area contributed by atoms with Gasteiger partial charge >= 0.3 is 6.03 Å². The van der Waals surface area contributed by atoms with Crippen LogP contribution >= 0.6 is 23.2 Å². The summed E-state index contributed by atoms with van der Waals surface area (Å²) in [5, 5.41) is 6.17. The molecule has 0 unspecified atom stereocenters. The Morgan fingerprint density at radius 3 is 2.22 bits per heavy atom. The number of rotatable bonds is 5. The number of halogens is 2. The molecule has 0 aliphatic rings. The molecule has 4 N–H and O–H groups in total. The summed E-state index contributed by atoms with van der Waals surface area (Å²) in [4.78, 5) is 22.7. The van der Waals surface area contributed by atoms with E-state index in [0.29, 0.717) is 22.3 Å². The molecule has 0 saturated heterocycles. The van der Waals surface area contributed by atoms with E-state index in [-0.39, 0.29) is 12.3 Å². The van der Waals surface area contributed by atoms with Crippen LogP contribution in [-0.2, 0) is 17.8 Å². The predicted molar refractivity (Wildman–Crippen MR) is 91.7 cm³/mol. The SMILES string of the molecule is NC(=O)Nc1ccc(CNC(=O)Cc2ccc(Cl)c(Cl)c2)cc1. The summed E-state index contributed by atoms with van der Waals surface area (Å²) in [7, 11) is 0. The molecule has 7 heteroatoms. The van der Waals surface area contributed by atoms with Crippen molar-refractivity contribution in [1.82, 2.24) is 5.32 Å². The Kier molecular flexibility index (Phi) is 5.84. The standard InChI is InChI=1S/C16H15Cl2N3O2/c17-13-6-3-11(7-14(13)18)8-15(22)20-9-10-1-4-12(5-2-10)21-16(19)23/h1-7H,8-9H2,(H,20,22)(H3,19,21,23). The lowest BCUT2D eigenvalue weighted by Gasteiger charge is -2.07. The van der Waals surface area contributed by atoms with E-state index in [9.17, 15) is 9.59 Å². The van der Waals surface area contributed by atoms with Crippen LogP contribution in [0.2, 0.25) is 10.0 Å². The van der Waals surface area contributed by atoms with E-state index in [2.05, 4.69) is 10.6 Å². The van der Waals surface area contributed by atoms with Crippen molar-refractivity contribution in [2.24, 2.45) is 5.73 Å². The molecule has 2 aromatic carbocycles. The minimum atomic E-state index is -0.618. The second-order valence-corrected chi connectivity index (χ2v) is 5.70. The first-order chi connectivity index (χ1) is 10.9. The van der Waals surface area contributed by atoms with Crippen LogP contribution in [0.3, 0.4) is 0 Å². The smallest absolute Gasteiger partial charge is 0.316 e. The van der Waals surface area contributed by atoms with Crippen molar-refractivity contribution >= 4 is 40.8 Å². The third kappa shape index (κ3) is 5.47. The Bertz CT molecular complexity index is 718. The molecule has 0 bridgehead atoms. The highest BCUT2D eigenvalue weighted by Crippen LogP contribution is 2.22. The van der Waals surface area contributed by atoms with Crippen LogP contribution in [0.1, 0.15) is 11.1 Å². The highest BCUT2D eigenvalue weighted by molar-refractivity contribution is 6.42. The van der Waals surface area contributed by atoms with E-state index in [1.54, 1.807) is 42.5 Å². The fraction of sp³-hybridized carbons (Fsp3) is 0.125. The van der Waals surface area contributed by atoms with Gasteiger partial charge in [0.15, 0.2) is 0 Å². The first-order valence-electron chi connectivity index (χ1n) is 6.80. The molecule has 2 aromatic rings. The van der Waals surface area contributed by atoms with Gasteiger partial charge in [-0.05, 0) is 35.4 Å². The summed E-state index contributed by atoms with van der Waals surface area (Å²) in [6.07, 6.45) is 0.220. The molecule has 0 fully saturated rings. The summed E-state index contributed by atoms with van der Waals surface area (Å²) >= 11 is 11.8. The normalized spacial score (nSPS) is 10.2. The molecule has 0 heterocycles. The van der Waals surface area contributed by atoms with Gasteiger partial charge in [-0.15, -0.1) is 0 Å². The topological polar surface area (TPSA) is 84.2 Å². The Morgan fingerprint density at radius 1 is 0.957 bits per heavy atom. The highest BCUT2D eigenvalue weighted by Gasteiger charge is 2.06. The zero-order valence-corrected chi connectivity index (χ0v) is 13.6. The van der Waals surface area contributed by atoms with Crippen LogP contribution in [0, 0.1) is 0 Å². The molecular weight excluding hydrogens is 337 g/mol. The van der Waals surface area contributed by atoms with Gasteiger partial charge in [0.25, 0.3) is 0 Å². The Labute approximate surface area is 143 Å². The Balaban J connectivity index is 1.86. The van der Waals surface area contributed by atoms with Gasteiger partial charge in [0, 0.05) is 12.2 Å². The van der Waals surface area contributed by atoms with Crippen LogP contribution in [0.4, 0.5) is 10.5 Å². The maximum Gasteiger partial charge on any atom is 0.316 e. The Hall–Kier alpha value is -2.24. The summed E-state index contributed by atoms with van der Waals surface area (Å²) in [6.45, 7) is 0.386. The van der Waals surface area contributed by atoms with E-state index in [1.165, 1.54) is 0 Å². The van der Waals surface area contributed by atoms with Gasteiger partial charge in [0.1, 0.15) is 0 Å². The molecule has 0 aliphatic heterocycles. The number of anilines is 1. The molecule has 120 valence electrons. The lowest BCUT2D eigenvalue weighted by molar-refractivity contribution is -0.120. The minimum Gasteiger partial charge on any atom is -0.352 e. The molecule has 0 spiro atoms. The first kappa shape index (κ1) is 17.1. The van der Waals surface area contributed by atoms with Crippen LogP contribution in [0.15, 0.2) is 42.5 Å². The van der Waals surface area contributed by atoms with Crippen molar-refractivity contribution in [3.05, 3.63) is 63.6 Å². The summed E-state index contributed by atoms with van der Waals surface area (Å²) in [5.74, 6) is -0.122. The van der Waals surface area contributed by atoms with Gasteiger partial charge in [-0.1, -0.05) is 41.4 Å². The number of nitrogens with two attached hydrogens (primary N) is 1. The largest absolute Gasteiger partial charge is 0.352 e. The average molecular weight is 352 g/mol. The lowest BCUT2D eigenvalue weighted by Crippen LogP contribution is -2.24. The molecule has 0 radical (unpaired) electrons. The minimum absolute atomic E-state index is 0.122. The number of hydrogen-bond acceptors (Lipinski definition) is 2. The molecule has 0 aliphatic carbocycles. The van der Waals surface area contributed by atoms with Gasteiger partial charge in [0.05, 0.1) is 16.5 Å². The quantitative estimate of drug-likeness (QED) is 0.771. The summed E-state index contributed by atoms with van der Waals surface area (Å²) in [5.41, 5.74) is 7.32. The zero-order valence-electron chi connectivity index (χ0n) is 12.1. The van der Waals surface area contributed by atoms with Crippen LogP contribution in [0.25, 0.3) is 0 Å². The van der Waals surface area contributed by atoms with Gasteiger partial charge in [-0.2, -0.15) is 0 Å². The molecule has 0 atom stereocenters. The number of carbonyl (C=O) groups is 2. The highest BCUT2D eigenvalue weighted by atomic mass is 35.5. The van der Waals surface area contributed by atoms with Crippen molar-refractivity contribution in [3.63, 3.8) is 0 Å². The first-order valence-corrected chi connectivity index (χ1v) is 7.55. The van der Waals surface area contributed by atoms with Crippen molar-refractivity contribution < 1.29 is 9.59 Å². The fourth-order valence-electron chi connectivity index (χ4n) is 1.95. The van der Waals surface area contributed by atoms with Crippen LogP contribution in [0.5, 0.6) is 0 Å². The average Bonchev–Trinajstić information content (AvgIpc) is 2.50. The van der Waals surface area contributed by atoms with Crippen molar-refractivity contribution in [2.75, 3.05) is 5.32 Å². The van der Waals surface area contributed by atoms with E-state index in [4.69, 9.17) is 28.9 Å². The van der Waals surface area contributed by atoms with Gasteiger partial charge in [0.2, 0.25) is 5.91 Å². The number of amides is 3. The lowest BCUT2D eigenvalue weighted by atomic mass is 10.1. The van der Waals surface area contributed by atoms with Gasteiger partial charge in [-0.3, -0.25) is 4.79 Å². The number of carbonyl (C=O) groups excluding carboxylic acids is 2. The summed E-state index contributed by atoms with van der Waals surface area (Å²) < 4.78 is 0. The van der Waals surface area contributed by atoms with Gasteiger partial charge in [-0.25, -0.2) is 4.79 Å². The number of hydrogen-bond donors (Lipinski definition) is 3. The maximum absolute atomic E-state index is 11.9. The second kappa shape index (κ2) is 7.85. The van der Waals surface area contributed by atoms with E-state index in [0.717, 1.165) is 11.1 Å². The second-order valence-electron chi connectivity index (χ2n) is 4.89. The molecular formula is C16H15Cl2N3O2. The zero-order chi connectivity index (χ0) is 16.8. The molecule has 23 heavy (non-hydrogen) atoms. The van der Waals surface area contributed by atoms with E-state index in [1.807, 2.05) is 0 Å². The molecule has 0 saturated carbocycles. The Morgan fingerprint density at radius 2 is 1.61 bits per heavy atom. The molecule has 3 amide bonds. The van der Waals surface area contributed by atoms with Crippen molar-refractivity contribution in [1.29, 1.82) is 0 Å². The maximum atomic E-state index is 11.9. The van der Waals surface area contributed by atoms with Crippen molar-refractivity contribution in [2.45, 2.75) is 13.0 Å². The van der Waals surface area contributed by atoms with E-state index < -0.39 is 6.03 Å².